The van der Waals surface area contributed by atoms with Gasteiger partial charge in [0.1, 0.15) is 5.76 Å². The van der Waals surface area contributed by atoms with Gasteiger partial charge >= 0.3 is 0 Å². The van der Waals surface area contributed by atoms with E-state index in [1.165, 1.54) is 5.56 Å². The second-order valence-electron chi connectivity index (χ2n) is 6.27. The van der Waals surface area contributed by atoms with Gasteiger partial charge in [0, 0.05) is 24.6 Å². The molecule has 0 aliphatic carbocycles. The van der Waals surface area contributed by atoms with Crippen molar-refractivity contribution in [3.8, 4) is 0 Å². The predicted molar refractivity (Wildman–Crippen MR) is 82.4 cm³/mol. The van der Waals surface area contributed by atoms with E-state index in [1.807, 2.05) is 37.3 Å². The topological polar surface area (TPSA) is 55.1 Å². The zero-order valence-corrected chi connectivity index (χ0v) is 13.1. The third-order valence-electron chi connectivity index (χ3n) is 3.35. The van der Waals surface area contributed by atoms with E-state index in [9.17, 15) is 4.79 Å². The largest absolute Gasteiger partial charge is 0.361 e. The average molecular weight is 286 g/mol. The molecule has 0 aliphatic heterocycles. The summed E-state index contributed by atoms with van der Waals surface area (Å²) in [4.78, 5) is 12.0. The first-order valence-electron chi connectivity index (χ1n) is 7.17. The Labute approximate surface area is 125 Å². The maximum atomic E-state index is 12.0. The molecule has 0 spiro atoms. The smallest absolute Gasteiger partial charge is 0.251 e. The van der Waals surface area contributed by atoms with Crippen molar-refractivity contribution in [3.63, 3.8) is 0 Å². The van der Waals surface area contributed by atoms with Gasteiger partial charge in [0.2, 0.25) is 0 Å². The highest BCUT2D eigenvalue weighted by Crippen LogP contribution is 2.22. The van der Waals surface area contributed by atoms with Gasteiger partial charge in [0.05, 0.1) is 5.69 Å². The second-order valence-corrected chi connectivity index (χ2v) is 6.27. The van der Waals surface area contributed by atoms with Gasteiger partial charge < -0.3 is 9.84 Å². The van der Waals surface area contributed by atoms with Crippen LogP contribution in [0.1, 0.15) is 48.1 Å². The zero-order valence-electron chi connectivity index (χ0n) is 13.1. The fraction of sp³-hybridized carbons (Fsp3) is 0.412. The van der Waals surface area contributed by atoms with Crippen LogP contribution in [0.5, 0.6) is 0 Å². The molecular formula is C17H22N2O2. The summed E-state index contributed by atoms with van der Waals surface area (Å²) in [5.41, 5.74) is 2.85. The molecule has 2 rings (SSSR count). The number of aryl methyl sites for hydroxylation is 1. The molecule has 4 heteroatoms. The number of amides is 1. The first-order chi connectivity index (χ1) is 9.86. The van der Waals surface area contributed by atoms with E-state index < -0.39 is 0 Å². The van der Waals surface area contributed by atoms with Crippen LogP contribution < -0.4 is 5.32 Å². The summed E-state index contributed by atoms with van der Waals surface area (Å²) in [6.07, 6.45) is 0.645. The van der Waals surface area contributed by atoms with E-state index in [-0.39, 0.29) is 11.3 Å². The molecule has 0 fully saturated rings. The number of aromatic nitrogens is 1. The fourth-order valence-electron chi connectivity index (χ4n) is 2.06. The molecule has 0 saturated carbocycles. The fourth-order valence-corrected chi connectivity index (χ4v) is 2.06. The summed E-state index contributed by atoms with van der Waals surface area (Å²) >= 11 is 0. The standard InChI is InChI=1S/C17H22N2O2/c1-12-11-15(21-19-12)9-10-18-16(20)13-5-7-14(8-6-13)17(2,3)4/h5-8,11H,9-10H2,1-4H3,(H,18,20). The SMILES string of the molecule is Cc1cc(CCNC(=O)c2ccc(C(C)(C)C)cc2)on1. The molecule has 4 nitrogen and oxygen atoms in total. The summed E-state index contributed by atoms with van der Waals surface area (Å²) in [7, 11) is 0. The first-order valence-corrected chi connectivity index (χ1v) is 7.17. The molecular weight excluding hydrogens is 264 g/mol. The molecule has 0 atom stereocenters. The molecule has 0 saturated heterocycles. The van der Waals surface area contributed by atoms with Crippen molar-refractivity contribution in [2.24, 2.45) is 0 Å². The lowest BCUT2D eigenvalue weighted by Crippen LogP contribution is -2.25. The van der Waals surface area contributed by atoms with E-state index in [1.54, 1.807) is 0 Å². The maximum absolute atomic E-state index is 12.0. The number of benzene rings is 1. The van der Waals surface area contributed by atoms with Crippen LogP contribution in [0.15, 0.2) is 34.9 Å². The summed E-state index contributed by atoms with van der Waals surface area (Å²) in [5, 5.41) is 6.71. The molecule has 1 amide bonds. The van der Waals surface area contributed by atoms with Crippen LogP contribution in [-0.2, 0) is 11.8 Å². The Bertz CT molecular complexity index is 606. The number of carbonyl (C=O) groups excluding carboxylic acids is 1. The van der Waals surface area contributed by atoms with Crippen molar-refractivity contribution >= 4 is 5.91 Å². The molecule has 1 heterocycles. The molecule has 1 aromatic heterocycles. The Hall–Kier alpha value is -2.10. The summed E-state index contributed by atoms with van der Waals surface area (Å²) in [6, 6.07) is 9.64. The first kappa shape index (κ1) is 15.3. The van der Waals surface area contributed by atoms with Crippen LogP contribution in [0.2, 0.25) is 0 Å². The maximum Gasteiger partial charge on any atom is 0.251 e. The van der Waals surface area contributed by atoms with Crippen LogP contribution in [0, 0.1) is 6.92 Å². The third kappa shape index (κ3) is 4.18. The molecule has 112 valence electrons. The summed E-state index contributed by atoms with van der Waals surface area (Å²) < 4.78 is 5.10. The molecule has 21 heavy (non-hydrogen) atoms. The molecule has 1 N–H and O–H groups in total. The average Bonchev–Trinajstić information content (AvgIpc) is 2.83. The second kappa shape index (κ2) is 6.12. The van der Waals surface area contributed by atoms with Gasteiger partial charge in [0.15, 0.2) is 0 Å². The van der Waals surface area contributed by atoms with Crippen molar-refractivity contribution in [2.75, 3.05) is 6.54 Å². The minimum Gasteiger partial charge on any atom is -0.361 e. The predicted octanol–water partition coefficient (Wildman–Crippen LogP) is 3.25. The summed E-state index contributed by atoms with van der Waals surface area (Å²) in [6.45, 7) is 8.88. The van der Waals surface area contributed by atoms with Gasteiger partial charge in [-0.1, -0.05) is 38.1 Å². The van der Waals surface area contributed by atoms with Gasteiger partial charge in [-0.3, -0.25) is 4.79 Å². The molecule has 2 aromatic rings. The number of nitrogens with one attached hydrogen (secondary N) is 1. The lowest BCUT2D eigenvalue weighted by atomic mass is 9.87. The number of rotatable bonds is 4. The van der Waals surface area contributed by atoms with Gasteiger partial charge in [-0.2, -0.15) is 0 Å². The Morgan fingerprint density at radius 3 is 2.43 bits per heavy atom. The molecule has 0 bridgehead atoms. The summed E-state index contributed by atoms with van der Waals surface area (Å²) in [5.74, 6) is 0.725. The van der Waals surface area contributed by atoms with E-state index in [2.05, 4.69) is 31.2 Å². The van der Waals surface area contributed by atoms with Crippen molar-refractivity contribution in [1.82, 2.24) is 10.5 Å². The van der Waals surface area contributed by atoms with E-state index in [0.717, 1.165) is 11.5 Å². The Morgan fingerprint density at radius 2 is 1.90 bits per heavy atom. The third-order valence-corrected chi connectivity index (χ3v) is 3.35. The van der Waals surface area contributed by atoms with Crippen LogP contribution in [0.3, 0.4) is 0 Å². The molecule has 0 radical (unpaired) electrons. The van der Waals surface area contributed by atoms with Crippen molar-refractivity contribution in [3.05, 3.63) is 52.9 Å². The molecule has 1 aromatic carbocycles. The van der Waals surface area contributed by atoms with Gasteiger partial charge in [0.25, 0.3) is 5.91 Å². The Balaban J connectivity index is 1.88. The van der Waals surface area contributed by atoms with E-state index in [0.29, 0.717) is 18.5 Å². The van der Waals surface area contributed by atoms with Crippen LogP contribution in [0.25, 0.3) is 0 Å². The van der Waals surface area contributed by atoms with E-state index in [4.69, 9.17) is 4.52 Å². The monoisotopic (exact) mass is 286 g/mol. The number of nitrogens with zero attached hydrogens (tertiary/aromatic N) is 1. The van der Waals surface area contributed by atoms with Gasteiger partial charge in [-0.05, 0) is 30.0 Å². The highest BCUT2D eigenvalue weighted by atomic mass is 16.5. The highest BCUT2D eigenvalue weighted by molar-refractivity contribution is 5.94. The minimum atomic E-state index is -0.0632. The van der Waals surface area contributed by atoms with Crippen molar-refractivity contribution < 1.29 is 9.32 Å². The van der Waals surface area contributed by atoms with E-state index >= 15 is 0 Å². The lowest BCUT2D eigenvalue weighted by Gasteiger charge is -2.19. The minimum absolute atomic E-state index is 0.0632. The molecule has 0 aliphatic rings. The van der Waals surface area contributed by atoms with Crippen LogP contribution >= 0.6 is 0 Å². The van der Waals surface area contributed by atoms with Crippen molar-refractivity contribution in [2.45, 2.75) is 39.5 Å². The Morgan fingerprint density at radius 1 is 1.24 bits per heavy atom. The quantitative estimate of drug-likeness (QED) is 0.938. The number of hydrogen-bond donors (Lipinski definition) is 1. The number of hydrogen-bond acceptors (Lipinski definition) is 3. The lowest BCUT2D eigenvalue weighted by molar-refractivity contribution is 0.0953. The van der Waals surface area contributed by atoms with Gasteiger partial charge in [-0.25, -0.2) is 0 Å². The van der Waals surface area contributed by atoms with Gasteiger partial charge in [-0.15, -0.1) is 0 Å². The normalized spacial score (nSPS) is 11.4. The van der Waals surface area contributed by atoms with Crippen molar-refractivity contribution in [1.29, 1.82) is 0 Å². The van der Waals surface area contributed by atoms with Crippen LogP contribution in [-0.4, -0.2) is 17.6 Å². The number of carbonyl (C=O) groups is 1. The Kier molecular flexibility index (Phi) is 4.46. The van der Waals surface area contributed by atoms with Crippen LogP contribution in [0.4, 0.5) is 0 Å². The highest BCUT2D eigenvalue weighted by Gasteiger charge is 2.14. The zero-order chi connectivity index (χ0) is 15.5. The molecule has 0 unspecified atom stereocenters.